The fourth-order valence-electron chi connectivity index (χ4n) is 4.49. The summed E-state index contributed by atoms with van der Waals surface area (Å²) in [5.74, 6) is 0.741. The molecule has 1 amide bonds. The van der Waals surface area contributed by atoms with Gasteiger partial charge in [0, 0.05) is 31.3 Å². The van der Waals surface area contributed by atoms with Crippen LogP contribution in [0.15, 0.2) is 24.3 Å². The summed E-state index contributed by atoms with van der Waals surface area (Å²) in [6.45, 7) is 10.7. The molecule has 1 aromatic carbocycles. The van der Waals surface area contributed by atoms with Crippen LogP contribution in [0, 0.1) is 19.8 Å². The first-order valence-electron chi connectivity index (χ1n) is 12.0. The standard InChI is InChI=1S/C25H33ClN6O2/c1-16(2)34-14-6-12-27-25(33)19-7-5-13-31(15-19)24-23-22(17(3)28-29-24)18(4)32(30-23)21-10-8-20(26)9-11-21/h8-11,16,19H,5-7,12-15H2,1-4H3,(H,27,33)/t19-/m0/s1. The first kappa shape index (κ1) is 24.4. The lowest BCUT2D eigenvalue weighted by Crippen LogP contribution is -2.43. The van der Waals surface area contributed by atoms with E-state index in [0.717, 1.165) is 59.6 Å². The van der Waals surface area contributed by atoms with Gasteiger partial charge in [-0.1, -0.05) is 11.6 Å². The lowest BCUT2D eigenvalue weighted by atomic mass is 9.97. The lowest BCUT2D eigenvalue weighted by Gasteiger charge is -2.32. The highest BCUT2D eigenvalue weighted by Gasteiger charge is 2.29. The van der Waals surface area contributed by atoms with Crippen molar-refractivity contribution >= 4 is 34.2 Å². The molecule has 1 aliphatic heterocycles. The molecule has 0 radical (unpaired) electrons. The number of halogens is 1. The molecule has 182 valence electrons. The third-order valence-corrected chi connectivity index (χ3v) is 6.47. The summed E-state index contributed by atoms with van der Waals surface area (Å²) >= 11 is 6.07. The van der Waals surface area contributed by atoms with Gasteiger partial charge in [0.2, 0.25) is 5.91 Å². The zero-order valence-electron chi connectivity index (χ0n) is 20.3. The van der Waals surface area contributed by atoms with Crippen molar-refractivity contribution in [2.75, 3.05) is 31.1 Å². The quantitative estimate of drug-likeness (QED) is 0.481. The van der Waals surface area contributed by atoms with Crippen molar-refractivity contribution in [3.63, 3.8) is 0 Å². The molecule has 1 fully saturated rings. The smallest absolute Gasteiger partial charge is 0.224 e. The van der Waals surface area contributed by atoms with Crippen LogP contribution in [-0.2, 0) is 9.53 Å². The van der Waals surface area contributed by atoms with Gasteiger partial charge in [0.25, 0.3) is 0 Å². The Hall–Kier alpha value is -2.71. The third-order valence-electron chi connectivity index (χ3n) is 6.22. The molecule has 0 spiro atoms. The minimum absolute atomic E-state index is 0.0858. The van der Waals surface area contributed by atoms with E-state index in [9.17, 15) is 4.79 Å². The van der Waals surface area contributed by atoms with Crippen molar-refractivity contribution in [3.8, 4) is 5.69 Å². The number of aryl methyl sites for hydroxylation is 2. The minimum atomic E-state index is -0.0858. The second-order valence-electron chi connectivity index (χ2n) is 9.16. The highest BCUT2D eigenvalue weighted by atomic mass is 35.5. The van der Waals surface area contributed by atoms with Gasteiger partial charge in [0.1, 0.15) is 5.52 Å². The number of benzene rings is 1. The van der Waals surface area contributed by atoms with Crippen LogP contribution in [0.2, 0.25) is 5.02 Å². The van der Waals surface area contributed by atoms with Gasteiger partial charge < -0.3 is 15.0 Å². The zero-order chi connectivity index (χ0) is 24.2. The molecule has 1 saturated heterocycles. The fraction of sp³-hybridized carbons (Fsp3) is 0.520. The summed E-state index contributed by atoms with van der Waals surface area (Å²) in [7, 11) is 0. The van der Waals surface area contributed by atoms with E-state index in [1.807, 2.05) is 56.6 Å². The number of piperidine rings is 1. The number of nitrogens with zero attached hydrogens (tertiary/aromatic N) is 5. The molecule has 0 saturated carbocycles. The number of nitrogens with one attached hydrogen (secondary N) is 1. The van der Waals surface area contributed by atoms with Crippen molar-refractivity contribution in [1.29, 1.82) is 0 Å². The Morgan fingerprint density at radius 1 is 1.24 bits per heavy atom. The normalized spacial score (nSPS) is 16.4. The molecule has 0 unspecified atom stereocenters. The van der Waals surface area contributed by atoms with E-state index >= 15 is 0 Å². The van der Waals surface area contributed by atoms with Crippen LogP contribution in [0.1, 0.15) is 44.5 Å². The highest BCUT2D eigenvalue weighted by Crippen LogP contribution is 2.31. The summed E-state index contributed by atoms with van der Waals surface area (Å²) in [5.41, 5.74) is 3.58. The average Bonchev–Trinajstić information content (AvgIpc) is 3.17. The predicted molar refractivity (Wildman–Crippen MR) is 135 cm³/mol. The van der Waals surface area contributed by atoms with Gasteiger partial charge >= 0.3 is 0 Å². The van der Waals surface area contributed by atoms with Gasteiger partial charge in [0.05, 0.1) is 34.5 Å². The van der Waals surface area contributed by atoms with Gasteiger partial charge in [-0.15, -0.1) is 5.10 Å². The number of carbonyl (C=O) groups excluding carboxylic acids is 1. The van der Waals surface area contributed by atoms with E-state index in [1.54, 1.807) is 0 Å². The zero-order valence-corrected chi connectivity index (χ0v) is 21.1. The van der Waals surface area contributed by atoms with Crippen molar-refractivity contribution in [1.82, 2.24) is 25.3 Å². The predicted octanol–water partition coefficient (Wildman–Crippen LogP) is 4.23. The maximum atomic E-state index is 12.8. The average molecular weight is 485 g/mol. The van der Waals surface area contributed by atoms with E-state index in [2.05, 4.69) is 20.4 Å². The molecule has 0 aliphatic carbocycles. The van der Waals surface area contributed by atoms with Crippen molar-refractivity contribution in [2.24, 2.45) is 5.92 Å². The largest absolute Gasteiger partial charge is 0.379 e. The Bertz CT molecular complexity index is 1140. The highest BCUT2D eigenvalue weighted by molar-refractivity contribution is 6.30. The van der Waals surface area contributed by atoms with E-state index in [1.165, 1.54) is 0 Å². The molecule has 1 N–H and O–H groups in total. The maximum Gasteiger partial charge on any atom is 0.224 e. The number of aromatic nitrogens is 4. The number of hydrogen-bond donors (Lipinski definition) is 1. The Balaban J connectivity index is 1.52. The molecule has 1 atom stereocenters. The van der Waals surface area contributed by atoms with Crippen LogP contribution in [0.4, 0.5) is 5.82 Å². The van der Waals surface area contributed by atoms with Crippen LogP contribution in [0.25, 0.3) is 16.6 Å². The Morgan fingerprint density at radius 3 is 2.74 bits per heavy atom. The molecular formula is C25H33ClN6O2. The van der Waals surface area contributed by atoms with Gasteiger partial charge in [-0.3, -0.25) is 4.79 Å². The van der Waals surface area contributed by atoms with E-state index in [0.29, 0.717) is 24.7 Å². The Morgan fingerprint density at radius 2 is 2.00 bits per heavy atom. The van der Waals surface area contributed by atoms with E-state index in [4.69, 9.17) is 21.4 Å². The van der Waals surface area contributed by atoms with Crippen LogP contribution in [0.5, 0.6) is 0 Å². The molecule has 8 nitrogen and oxygen atoms in total. The van der Waals surface area contributed by atoms with Gasteiger partial charge in [-0.05, 0) is 71.2 Å². The molecule has 0 bridgehead atoms. The van der Waals surface area contributed by atoms with Crippen molar-refractivity contribution in [3.05, 3.63) is 40.7 Å². The SMILES string of the molecule is Cc1nnc(N2CCC[C@H](C(=O)NCCCOC(C)C)C2)c2nn(-c3ccc(Cl)cc3)c(C)c12. The van der Waals surface area contributed by atoms with Crippen LogP contribution >= 0.6 is 11.6 Å². The number of amides is 1. The Labute approximate surface area is 205 Å². The number of carbonyl (C=O) groups is 1. The van der Waals surface area contributed by atoms with E-state index in [-0.39, 0.29) is 17.9 Å². The molecule has 4 rings (SSSR count). The summed E-state index contributed by atoms with van der Waals surface area (Å²) < 4.78 is 7.46. The second kappa shape index (κ2) is 10.7. The van der Waals surface area contributed by atoms with Gasteiger partial charge in [-0.2, -0.15) is 10.2 Å². The first-order chi connectivity index (χ1) is 16.3. The van der Waals surface area contributed by atoms with Gasteiger partial charge in [0.15, 0.2) is 5.82 Å². The molecule has 3 heterocycles. The van der Waals surface area contributed by atoms with Crippen LogP contribution in [-0.4, -0.2) is 58.2 Å². The summed E-state index contributed by atoms with van der Waals surface area (Å²) in [6.07, 6.45) is 2.81. The Kier molecular flexibility index (Phi) is 7.68. The molecule has 9 heteroatoms. The second-order valence-corrected chi connectivity index (χ2v) is 9.59. The van der Waals surface area contributed by atoms with Crippen LogP contribution in [0.3, 0.4) is 0 Å². The summed E-state index contributed by atoms with van der Waals surface area (Å²) in [6, 6.07) is 7.61. The molecule has 2 aromatic heterocycles. The first-order valence-corrected chi connectivity index (χ1v) is 12.4. The van der Waals surface area contributed by atoms with E-state index < -0.39 is 0 Å². The lowest BCUT2D eigenvalue weighted by molar-refractivity contribution is -0.125. The monoisotopic (exact) mass is 484 g/mol. The maximum absolute atomic E-state index is 12.8. The van der Waals surface area contributed by atoms with Gasteiger partial charge in [-0.25, -0.2) is 4.68 Å². The number of anilines is 1. The molecule has 1 aliphatic rings. The minimum Gasteiger partial charge on any atom is -0.379 e. The fourth-order valence-corrected chi connectivity index (χ4v) is 4.61. The number of hydrogen-bond acceptors (Lipinski definition) is 6. The topological polar surface area (TPSA) is 85.2 Å². The van der Waals surface area contributed by atoms with Crippen molar-refractivity contribution < 1.29 is 9.53 Å². The van der Waals surface area contributed by atoms with Crippen molar-refractivity contribution in [2.45, 2.75) is 53.1 Å². The number of fused-ring (bicyclic) bond motifs is 1. The number of ether oxygens (including phenoxy) is 1. The summed E-state index contributed by atoms with van der Waals surface area (Å²) in [4.78, 5) is 15.0. The summed E-state index contributed by atoms with van der Waals surface area (Å²) in [5, 5.41) is 18.6. The molecule has 3 aromatic rings. The molecular weight excluding hydrogens is 452 g/mol. The van der Waals surface area contributed by atoms with Crippen LogP contribution < -0.4 is 10.2 Å². The molecule has 34 heavy (non-hydrogen) atoms. The number of rotatable bonds is 8. The third kappa shape index (κ3) is 5.33.